The van der Waals surface area contributed by atoms with Crippen LogP contribution < -0.4 is 4.18 Å². The molecule has 144 valence electrons. The highest BCUT2D eigenvalue weighted by atomic mass is 32.2. The average molecular weight is 402 g/mol. The minimum absolute atomic E-state index is 0.0672. The smallest absolute Gasteiger partial charge is 0.376 e. The van der Waals surface area contributed by atoms with Gasteiger partial charge in [-0.3, -0.25) is 4.68 Å². The fraction of sp³-hybridized carbons (Fsp3) is 0.357. The van der Waals surface area contributed by atoms with E-state index in [1.165, 1.54) is 16.9 Å². The summed E-state index contributed by atoms with van der Waals surface area (Å²) < 4.78 is 104. The molecule has 2 aromatic rings. The van der Waals surface area contributed by atoms with Crippen molar-refractivity contribution in [3.63, 3.8) is 0 Å². The van der Waals surface area contributed by atoms with Crippen LogP contribution in [0.5, 0.6) is 5.75 Å². The van der Waals surface area contributed by atoms with Crippen LogP contribution in [0.1, 0.15) is 25.5 Å². The summed E-state index contributed by atoms with van der Waals surface area (Å²) in [5.41, 5.74) is -7.42. The second kappa shape index (κ2) is 6.49. The molecule has 1 aromatic heterocycles. The van der Waals surface area contributed by atoms with Crippen molar-refractivity contribution in [2.45, 2.75) is 31.6 Å². The van der Waals surface area contributed by atoms with E-state index in [4.69, 9.17) is 0 Å². The quantitative estimate of drug-likeness (QED) is 0.433. The molecule has 0 saturated carbocycles. The maximum atomic E-state index is 13.4. The Hall–Kier alpha value is -2.24. The van der Waals surface area contributed by atoms with Crippen molar-refractivity contribution in [1.29, 1.82) is 0 Å². The van der Waals surface area contributed by atoms with E-state index >= 15 is 0 Å². The first-order chi connectivity index (χ1) is 11.7. The third kappa shape index (κ3) is 3.94. The lowest BCUT2D eigenvalue weighted by atomic mass is 10.0. The van der Waals surface area contributed by atoms with Gasteiger partial charge in [0.05, 0.1) is 11.3 Å². The first-order valence-electron chi connectivity index (χ1n) is 7.00. The number of hydrogen-bond donors (Lipinski definition) is 0. The molecule has 0 aliphatic rings. The second-order valence-corrected chi connectivity index (χ2v) is 6.98. The molecule has 1 aromatic carbocycles. The molecule has 0 aliphatic carbocycles. The van der Waals surface area contributed by atoms with E-state index in [0.717, 1.165) is 6.07 Å². The maximum absolute atomic E-state index is 13.4. The van der Waals surface area contributed by atoms with Crippen LogP contribution in [0.2, 0.25) is 0 Å². The molecule has 0 fully saturated rings. The molecule has 0 unspecified atom stereocenters. The number of rotatable bonds is 4. The van der Waals surface area contributed by atoms with Gasteiger partial charge in [-0.15, -0.1) is 0 Å². The van der Waals surface area contributed by atoms with Gasteiger partial charge in [0, 0.05) is 17.8 Å². The van der Waals surface area contributed by atoms with E-state index in [-0.39, 0.29) is 23.4 Å². The maximum Gasteiger partial charge on any atom is 0.534 e. The highest BCUT2D eigenvalue weighted by Gasteiger charge is 2.48. The number of nitrogens with zero attached hydrogens (tertiary/aromatic N) is 2. The Morgan fingerprint density at radius 2 is 1.69 bits per heavy atom. The van der Waals surface area contributed by atoms with E-state index in [2.05, 4.69) is 9.28 Å². The molecule has 0 spiro atoms. The molecule has 5 nitrogen and oxygen atoms in total. The summed E-state index contributed by atoms with van der Waals surface area (Å²) in [4.78, 5) is 0. The molecule has 2 rings (SSSR count). The summed E-state index contributed by atoms with van der Waals surface area (Å²) in [6.45, 7) is 3.36. The summed E-state index contributed by atoms with van der Waals surface area (Å²) in [6, 6.07) is 2.77. The lowest BCUT2D eigenvalue weighted by Gasteiger charge is -2.17. The molecule has 12 heteroatoms. The van der Waals surface area contributed by atoms with Crippen molar-refractivity contribution in [2.75, 3.05) is 0 Å². The minimum Gasteiger partial charge on any atom is -0.376 e. The van der Waals surface area contributed by atoms with Gasteiger partial charge in [0.15, 0.2) is 0 Å². The fourth-order valence-electron chi connectivity index (χ4n) is 2.15. The minimum atomic E-state index is -6.09. The number of benzene rings is 1. The topological polar surface area (TPSA) is 61.2 Å². The van der Waals surface area contributed by atoms with Gasteiger partial charge in [0.1, 0.15) is 5.75 Å². The van der Waals surface area contributed by atoms with Gasteiger partial charge in [-0.25, -0.2) is 0 Å². The Kier molecular flexibility index (Phi) is 5.01. The van der Waals surface area contributed by atoms with Crippen molar-refractivity contribution in [3.05, 3.63) is 36.0 Å². The molecule has 26 heavy (non-hydrogen) atoms. The van der Waals surface area contributed by atoms with Crippen LogP contribution in [0, 0.1) is 0 Å². The zero-order chi connectivity index (χ0) is 19.9. The number of aromatic nitrogens is 2. The first-order valence-corrected chi connectivity index (χ1v) is 8.41. The van der Waals surface area contributed by atoms with E-state index in [1.54, 1.807) is 13.8 Å². The van der Waals surface area contributed by atoms with Gasteiger partial charge in [-0.1, -0.05) is 0 Å². The van der Waals surface area contributed by atoms with Crippen molar-refractivity contribution >= 4 is 10.1 Å². The zero-order valence-corrected chi connectivity index (χ0v) is 14.1. The van der Waals surface area contributed by atoms with E-state index < -0.39 is 33.1 Å². The van der Waals surface area contributed by atoms with E-state index in [0.29, 0.717) is 6.07 Å². The van der Waals surface area contributed by atoms with Crippen LogP contribution in [-0.2, 0) is 16.3 Å². The molecule has 0 saturated heterocycles. The van der Waals surface area contributed by atoms with Gasteiger partial charge < -0.3 is 4.18 Å². The summed E-state index contributed by atoms with van der Waals surface area (Å²) >= 11 is 0. The number of alkyl halides is 6. The summed E-state index contributed by atoms with van der Waals surface area (Å²) in [7, 11) is -6.09. The van der Waals surface area contributed by atoms with Crippen molar-refractivity contribution < 1.29 is 38.9 Å². The summed E-state index contributed by atoms with van der Waals surface area (Å²) in [6.07, 6.45) is -3.70. The molecule has 0 bridgehead atoms. The van der Waals surface area contributed by atoms with Crippen LogP contribution >= 0.6 is 0 Å². The van der Waals surface area contributed by atoms with Crippen molar-refractivity contribution in [2.24, 2.45) is 0 Å². The molecule has 0 radical (unpaired) electrons. The van der Waals surface area contributed by atoms with E-state index in [9.17, 15) is 34.8 Å². The molecular weight excluding hydrogens is 390 g/mol. The van der Waals surface area contributed by atoms with Crippen LogP contribution in [0.15, 0.2) is 30.5 Å². The van der Waals surface area contributed by atoms with Gasteiger partial charge in [0.25, 0.3) is 0 Å². The van der Waals surface area contributed by atoms with Crippen molar-refractivity contribution in [3.8, 4) is 17.0 Å². The first kappa shape index (κ1) is 20.1. The number of hydrogen-bond acceptors (Lipinski definition) is 4. The Morgan fingerprint density at radius 3 is 2.19 bits per heavy atom. The van der Waals surface area contributed by atoms with Gasteiger partial charge >= 0.3 is 21.8 Å². The highest BCUT2D eigenvalue weighted by molar-refractivity contribution is 7.88. The lowest BCUT2D eigenvalue weighted by Crippen LogP contribution is -2.28. The van der Waals surface area contributed by atoms with Gasteiger partial charge in [-0.05, 0) is 38.1 Å². The van der Waals surface area contributed by atoms with Crippen LogP contribution in [0.4, 0.5) is 26.3 Å². The molecule has 0 amide bonds. The average Bonchev–Trinajstić information content (AvgIpc) is 2.94. The molecule has 0 N–H and O–H groups in total. The molecule has 0 atom stereocenters. The lowest BCUT2D eigenvalue weighted by molar-refractivity contribution is -0.137. The SMILES string of the molecule is CC(C)n1nccc1-c1ccc(OS(=O)(=O)C(F)(F)F)cc1C(F)(F)F. The van der Waals surface area contributed by atoms with Gasteiger partial charge in [-0.2, -0.15) is 39.9 Å². The van der Waals surface area contributed by atoms with Gasteiger partial charge in [0.2, 0.25) is 0 Å². The predicted molar refractivity (Wildman–Crippen MR) is 78.7 cm³/mol. The summed E-state index contributed by atoms with van der Waals surface area (Å²) in [5, 5.41) is 3.90. The highest BCUT2D eigenvalue weighted by Crippen LogP contribution is 2.40. The zero-order valence-electron chi connectivity index (χ0n) is 13.3. The third-order valence-electron chi connectivity index (χ3n) is 3.22. The van der Waals surface area contributed by atoms with Crippen LogP contribution in [0.3, 0.4) is 0 Å². The Balaban J connectivity index is 2.59. The molecule has 1 heterocycles. The van der Waals surface area contributed by atoms with Crippen LogP contribution in [-0.4, -0.2) is 23.7 Å². The number of halogens is 6. The Bertz CT molecular complexity index is 900. The second-order valence-electron chi connectivity index (χ2n) is 5.44. The summed E-state index contributed by atoms with van der Waals surface area (Å²) in [5.74, 6) is -1.10. The fourth-order valence-corrected chi connectivity index (χ4v) is 2.60. The predicted octanol–water partition coefficient (Wildman–Crippen LogP) is 4.38. The monoisotopic (exact) mass is 402 g/mol. The standard InChI is InChI=1S/C14H12F6N2O3S/c1-8(2)22-12(5-6-21-22)10-4-3-9(7-11(10)13(15,16)17)25-26(23,24)14(18,19)20/h3-8H,1-2H3. The van der Waals surface area contributed by atoms with Crippen LogP contribution in [0.25, 0.3) is 11.3 Å². The Morgan fingerprint density at radius 1 is 1.08 bits per heavy atom. The van der Waals surface area contributed by atoms with E-state index in [1.807, 2.05) is 0 Å². The molecule has 0 aliphatic heterocycles. The Labute approximate surface area is 144 Å². The third-order valence-corrected chi connectivity index (χ3v) is 4.20. The largest absolute Gasteiger partial charge is 0.534 e. The normalized spacial score (nSPS) is 13.3. The molecular formula is C14H12F6N2O3S. The van der Waals surface area contributed by atoms with Crippen molar-refractivity contribution in [1.82, 2.24) is 9.78 Å².